The highest BCUT2D eigenvalue weighted by atomic mass is 16.4. The first kappa shape index (κ1) is 9.86. The quantitative estimate of drug-likeness (QED) is 0.826. The van der Waals surface area contributed by atoms with E-state index in [0.717, 1.165) is 0 Å². The fourth-order valence-corrected chi connectivity index (χ4v) is 1.30. The first-order valence-corrected chi connectivity index (χ1v) is 4.80. The molecule has 2 rings (SSSR count). The van der Waals surface area contributed by atoms with Crippen LogP contribution in [0.15, 0.2) is 35.0 Å². The molecule has 0 aromatic carbocycles. The van der Waals surface area contributed by atoms with Crippen LogP contribution < -0.4 is 0 Å². The van der Waals surface area contributed by atoms with Gasteiger partial charge in [0.15, 0.2) is 0 Å². The average Bonchev–Trinajstić information content (AvgIpc) is 2.67. The highest BCUT2D eigenvalue weighted by molar-refractivity contribution is 5.45. The van der Waals surface area contributed by atoms with Crippen LogP contribution in [-0.2, 0) is 6.42 Å². The summed E-state index contributed by atoms with van der Waals surface area (Å²) in [5, 5.41) is 9.18. The van der Waals surface area contributed by atoms with E-state index in [1.807, 2.05) is 18.2 Å². The monoisotopic (exact) mass is 204 g/mol. The van der Waals surface area contributed by atoms with E-state index in [9.17, 15) is 5.11 Å². The maximum atomic E-state index is 9.18. The van der Waals surface area contributed by atoms with Crippen molar-refractivity contribution in [2.24, 2.45) is 0 Å². The molecule has 0 saturated carbocycles. The Morgan fingerprint density at radius 3 is 2.93 bits per heavy atom. The Morgan fingerprint density at radius 1 is 1.40 bits per heavy atom. The van der Waals surface area contributed by atoms with Crippen molar-refractivity contribution in [3.8, 4) is 11.6 Å². The predicted octanol–water partition coefficient (Wildman–Crippen LogP) is 1.66. The van der Waals surface area contributed by atoms with Crippen molar-refractivity contribution in [1.29, 1.82) is 0 Å². The van der Waals surface area contributed by atoms with Gasteiger partial charge in [-0.1, -0.05) is 6.07 Å². The number of nitrogens with zero attached hydrogens (tertiary/aromatic N) is 2. The third-order valence-electron chi connectivity index (χ3n) is 1.93. The van der Waals surface area contributed by atoms with Gasteiger partial charge in [0.1, 0.15) is 11.5 Å². The second-order valence-corrected chi connectivity index (χ2v) is 3.40. The molecule has 1 unspecified atom stereocenters. The van der Waals surface area contributed by atoms with Crippen LogP contribution in [0.1, 0.15) is 12.7 Å². The normalized spacial score (nSPS) is 12.7. The van der Waals surface area contributed by atoms with E-state index < -0.39 is 6.10 Å². The number of aromatic nitrogens is 2. The second kappa shape index (κ2) is 4.23. The lowest BCUT2D eigenvalue weighted by Gasteiger charge is -1.98. The van der Waals surface area contributed by atoms with Crippen LogP contribution in [0.3, 0.4) is 0 Å². The predicted molar refractivity (Wildman–Crippen MR) is 55.1 cm³/mol. The van der Waals surface area contributed by atoms with Crippen molar-refractivity contribution >= 4 is 0 Å². The molecule has 0 aliphatic carbocycles. The number of aliphatic hydroxyl groups excluding tert-OH is 1. The maximum absolute atomic E-state index is 9.18. The molecule has 4 heteroatoms. The molecule has 2 aromatic heterocycles. The Kier molecular flexibility index (Phi) is 2.78. The molecular weight excluding hydrogens is 192 g/mol. The van der Waals surface area contributed by atoms with Gasteiger partial charge >= 0.3 is 0 Å². The van der Waals surface area contributed by atoms with Crippen LogP contribution in [0.5, 0.6) is 0 Å². The summed E-state index contributed by atoms with van der Waals surface area (Å²) in [6, 6.07) is 5.54. The minimum atomic E-state index is -0.422. The molecule has 1 atom stereocenters. The number of hydrogen-bond donors (Lipinski definition) is 1. The number of rotatable bonds is 3. The van der Waals surface area contributed by atoms with Gasteiger partial charge in [-0.15, -0.1) is 0 Å². The molecule has 0 fully saturated rings. The molecule has 4 nitrogen and oxygen atoms in total. The van der Waals surface area contributed by atoms with E-state index in [4.69, 9.17) is 4.42 Å². The Morgan fingerprint density at radius 2 is 2.27 bits per heavy atom. The smallest absolute Gasteiger partial charge is 0.245 e. The van der Waals surface area contributed by atoms with Gasteiger partial charge in [0.2, 0.25) is 5.89 Å². The molecule has 15 heavy (non-hydrogen) atoms. The zero-order valence-electron chi connectivity index (χ0n) is 8.42. The number of hydrogen-bond acceptors (Lipinski definition) is 4. The van der Waals surface area contributed by atoms with Gasteiger partial charge in [0.25, 0.3) is 0 Å². The van der Waals surface area contributed by atoms with Gasteiger partial charge < -0.3 is 9.52 Å². The summed E-state index contributed by atoms with van der Waals surface area (Å²) in [6.07, 6.45) is 3.36. The zero-order chi connectivity index (χ0) is 10.7. The van der Waals surface area contributed by atoms with Gasteiger partial charge in [0, 0.05) is 12.6 Å². The van der Waals surface area contributed by atoms with Crippen molar-refractivity contribution in [1.82, 2.24) is 9.97 Å². The van der Waals surface area contributed by atoms with Crippen LogP contribution in [0, 0.1) is 0 Å². The first-order chi connectivity index (χ1) is 7.25. The molecule has 78 valence electrons. The zero-order valence-corrected chi connectivity index (χ0v) is 8.42. The lowest BCUT2D eigenvalue weighted by atomic mass is 10.2. The van der Waals surface area contributed by atoms with E-state index in [1.54, 1.807) is 19.3 Å². The van der Waals surface area contributed by atoms with Crippen molar-refractivity contribution < 1.29 is 9.52 Å². The van der Waals surface area contributed by atoms with E-state index in [1.165, 1.54) is 0 Å². The highest BCUT2D eigenvalue weighted by Gasteiger charge is 2.08. The summed E-state index contributed by atoms with van der Waals surface area (Å²) < 4.78 is 5.45. The lowest BCUT2D eigenvalue weighted by Crippen LogP contribution is -2.02. The van der Waals surface area contributed by atoms with Crippen molar-refractivity contribution in [2.75, 3.05) is 0 Å². The van der Waals surface area contributed by atoms with E-state index in [-0.39, 0.29) is 0 Å². The first-order valence-electron chi connectivity index (χ1n) is 4.80. The third-order valence-corrected chi connectivity index (χ3v) is 1.93. The molecule has 0 amide bonds. The van der Waals surface area contributed by atoms with E-state index in [2.05, 4.69) is 9.97 Å². The minimum Gasteiger partial charge on any atom is -0.440 e. The number of aliphatic hydroxyl groups is 1. The average molecular weight is 204 g/mol. The summed E-state index contributed by atoms with van der Waals surface area (Å²) in [5.74, 6) is 1.16. The van der Waals surface area contributed by atoms with Crippen LogP contribution in [-0.4, -0.2) is 21.2 Å². The van der Waals surface area contributed by atoms with Crippen LogP contribution >= 0.6 is 0 Å². The molecular formula is C11H12N2O2. The minimum absolute atomic E-state index is 0.422. The molecule has 2 aromatic rings. The summed E-state index contributed by atoms with van der Waals surface area (Å²) in [6.45, 7) is 1.71. The summed E-state index contributed by atoms with van der Waals surface area (Å²) in [4.78, 5) is 8.22. The standard InChI is InChI=1S/C11H12N2O2/c1-8(14)6-9-7-13-11(15-9)10-4-2-3-5-12-10/h2-5,7-8,14H,6H2,1H3. The molecule has 1 N–H and O–H groups in total. The van der Waals surface area contributed by atoms with E-state index in [0.29, 0.717) is 23.8 Å². The van der Waals surface area contributed by atoms with Gasteiger partial charge in [-0.05, 0) is 19.1 Å². The van der Waals surface area contributed by atoms with Crippen molar-refractivity contribution in [3.05, 3.63) is 36.4 Å². The molecule has 0 saturated heterocycles. The largest absolute Gasteiger partial charge is 0.440 e. The molecule has 2 heterocycles. The number of oxazole rings is 1. The highest BCUT2D eigenvalue weighted by Crippen LogP contribution is 2.16. The summed E-state index contributed by atoms with van der Waals surface area (Å²) in [7, 11) is 0. The second-order valence-electron chi connectivity index (χ2n) is 3.40. The Balaban J connectivity index is 2.21. The number of pyridine rings is 1. The van der Waals surface area contributed by atoms with Crippen LogP contribution in [0.4, 0.5) is 0 Å². The van der Waals surface area contributed by atoms with Crippen molar-refractivity contribution in [3.63, 3.8) is 0 Å². The van der Waals surface area contributed by atoms with Gasteiger partial charge in [-0.25, -0.2) is 4.98 Å². The summed E-state index contributed by atoms with van der Waals surface area (Å²) >= 11 is 0. The molecule has 0 radical (unpaired) electrons. The van der Waals surface area contributed by atoms with Crippen molar-refractivity contribution in [2.45, 2.75) is 19.4 Å². The maximum Gasteiger partial charge on any atom is 0.245 e. The molecule has 0 aliphatic heterocycles. The Labute approximate surface area is 87.6 Å². The molecule has 0 spiro atoms. The fraction of sp³-hybridized carbons (Fsp3) is 0.273. The lowest BCUT2D eigenvalue weighted by molar-refractivity contribution is 0.187. The van der Waals surface area contributed by atoms with Crippen LogP contribution in [0.2, 0.25) is 0 Å². The van der Waals surface area contributed by atoms with Gasteiger partial charge in [0.05, 0.1) is 12.3 Å². The van der Waals surface area contributed by atoms with E-state index >= 15 is 0 Å². The Hall–Kier alpha value is -1.68. The molecule has 0 bridgehead atoms. The van der Waals surface area contributed by atoms with Gasteiger partial charge in [-0.3, -0.25) is 4.98 Å². The van der Waals surface area contributed by atoms with Crippen LogP contribution in [0.25, 0.3) is 11.6 Å². The molecule has 0 aliphatic rings. The Bertz CT molecular complexity index is 423. The SMILES string of the molecule is CC(O)Cc1cnc(-c2ccccn2)o1. The topological polar surface area (TPSA) is 59.2 Å². The summed E-state index contributed by atoms with van der Waals surface area (Å²) in [5.41, 5.74) is 0.703. The van der Waals surface area contributed by atoms with Gasteiger partial charge in [-0.2, -0.15) is 0 Å². The third kappa shape index (κ3) is 2.41. The fourth-order valence-electron chi connectivity index (χ4n) is 1.30.